The summed E-state index contributed by atoms with van der Waals surface area (Å²) in [6, 6.07) is 11.0. The lowest BCUT2D eigenvalue weighted by atomic mass is 10.3. The largest absolute Gasteiger partial charge is 0.508 e. The van der Waals surface area contributed by atoms with Crippen LogP contribution in [-0.4, -0.2) is 22.2 Å². The summed E-state index contributed by atoms with van der Waals surface area (Å²) in [5.74, 6) is -1.03. The van der Waals surface area contributed by atoms with Gasteiger partial charge in [0.1, 0.15) is 29.4 Å². The minimum absolute atomic E-state index is 0.0431. The second-order valence-electron chi connectivity index (χ2n) is 4.11. The number of aromatic hydroxyl groups is 2. The Bertz CT molecular complexity index is 573. The van der Waals surface area contributed by atoms with Gasteiger partial charge < -0.3 is 19.7 Å². The second kappa shape index (κ2) is 6.42. The number of phenolic OH excluding ortho intramolecular Hbond substituents is 2. The summed E-state index contributed by atoms with van der Waals surface area (Å²) in [5, 5.41) is 18.2. The summed E-state index contributed by atoms with van der Waals surface area (Å²) >= 11 is 0. The average molecular weight is 288 g/mol. The first kappa shape index (κ1) is 14.4. The van der Waals surface area contributed by atoms with Crippen LogP contribution in [0, 0.1) is 0 Å². The molecule has 0 bridgehead atoms. The fourth-order valence-corrected chi connectivity index (χ4v) is 1.48. The highest BCUT2D eigenvalue weighted by Crippen LogP contribution is 2.18. The quantitative estimate of drug-likeness (QED) is 0.508. The molecule has 0 aromatic heterocycles. The smallest absolute Gasteiger partial charge is 0.322 e. The molecule has 0 saturated carbocycles. The molecule has 0 aliphatic rings. The molecule has 0 radical (unpaired) electrons. The molecule has 0 saturated heterocycles. The first-order chi connectivity index (χ1) is 10.0. The van der Waals surface area contributed by atoms with Crippen molar-refractivity contribution < 1.29 is 29.3 Å². The zero-order valence-electron chi connectivity index (χ0n) is 10.9. The summed E-state index contributed by atoms with van der Waals surface area (Å²) in [5.41, 5.74) is 0. The number of benzene rings is 2. The third kappa shape index (κ3) is 4.54. The number of esters is 2. The second-order valence-corrected chi connectivity index (χ2v) is 4.11. The lowest BCUT2D eigenvalue weighted by Crippen LogP contribution is -2.18. The van der Waals surface area contributed by atoms with Crippen molar-refractivity contribution in [3.63, 3.8) is 0 Å². The van der Waals surface area contributed by atoms with Gasteiger partial charge in [0.05, 0.1) is 0 Å². The number of hydrogen-bond acceptors (Lipinski definition) is 6. The number of carbonyl (C=O) groups excluding carboxylic acids is 2. The van der Waals surface area contributed by atoms with Crippen LogP contribution in [0.25, 0.3) is 0 Å². The normalized spacial score (nSPS) is 9.90. The minimum atomic E-state index is -0.774. The fraction of sp³-hybridized carbons (Fsp3) is 0.0667. The summed E-state index contributed by atoms with van der Waals surface area (Å²) in [6.07, 6.45) is -0.554. The van der Waals surface area contributed by atoms with Gasteiger partial charge in [-0.05, 0) is 48.5 Å². The Hall–Kier alpha value is -3.02. The van der Waals surface area contributed by atoms with E-state index in [1.165, 1.54) is 48.5 Å². The van der Waals surface area contributed by atoms with E-state index in [4.69, 9.17) is 19.7 Å². The van der Waals surface area contributed by atoms with Crippen molar-refractivity contribution in [1.29, 1.82) is 0 Å². The van der Waals surface area contributed by atoms with Gasteiger partial charge in [0.2, 0.25) is 0 Å². The summed E-state index contributed by atoms with van der Waals surface area (Å²) in [4.78, 5) is 23.1. The Morgan fingerprint density at radius 3 is 1.38 bits per heavy atom. The van der Waals surface area contributed by atoms with E-state index < -0.39 is 18.4 Å². The van der Waals surface area contributed by atoms with Gasteiger partial charge >= 0.3 is 11.9 Å². The van der Waals surface area contributed by atoms with E-state index in [0.717, 1.165) is 0 Å². The average Bonchev–Trinajstić information content (AvgIpc) is 2.44. The molecule has 0 atom stereocenters. The molecule has 2 N–H and O–H groups in total. The molecule has 6 nitrogen and oxygen atoms in total. The third-order valence-electron chi connectivity index (χ3n) is 2.43. The fourth-order valence-electron chi connectivity index (χ4n) is 1.48. The molecule has 21 heavy (non-hydrogen) atoms. The predicted molar refractivity (Wildman–Crippen MR) is 72.1 cm³/mol. The van der Waals surface area contributed by atoms with E-state index in [9.17, 15) is 9.59 Å². The number of phenols is 2. The molecule has 108 valence electrons. The lowest BCUT2D eigenvalue weighted by molar-refractivity contribution is -0.144. The van der Waals surface area contributed by atoms with E-state index in [-0.39, 0.29) is 23.0 Å². The van der Waals surface area contributed by atoms with Gasteiger partial charge in [0, 0.05) is 0 Å². The van der Waals surface area contributed by atoms with Crippen LogP contribution in [0.15, 0.2) is 48.5 Å². The zero-order chi connectivity index (χ0) is 15.2. The molecule has 0 fully saturated rings. The molecule has 6 heteroatoms. The first-order valence-electron chi connectivity index (χ1n) is 6.02. The van der Waals surface area contributed by atoms with Crippen molar-refractivity contribution in [2.24, 2.45) is 0 Å². The van der Waals surface area contributed by atoms with Gasteiger partial charge in [-0.3, -0.25) is 9.59 Å². The topological polar surface area (TPSA) is 93.1 Å². The van der Waals surface area contributed by atoms with E-state index in [2.05, 4.69) is 0 Å². The molecule has 2 aromatic carbocycles. The Morgan fingerprint density at radius 2 is 1.05 bits per heavy atom. The first-order valence-corrected chi connectivity index (χ1v) is 6.02. The van der Waals surface area contributed by atoms with Crippen molar-refractivity contribution in [1.82, 2.24) is 0 Å². The van der Waals surface area contributed by atoms with E-state index in [1.807, 2.05) is 0 Å². The molecule has 0 aliphatic heterocycles. The van der Waals surface area contributed by atoms with E-state index in [0.29, 0.717) is 0 Å². The SMILES string of the molecule is O=C(CC(=O)Oc1ccc(O)cc1)Oc1ccc(O)cc1. The van der Waals surface area contributed by atoms with Crippen LogP contribution in [-0.2, 0) is 9.59 Å². The maximum absolute atomic E-state index is 11.5. The highest BCUT2D eigenvalue weighted by molar-refractivity contribution is 5.93. The summed E-state index contributed by atoms with van der Waals surface area (Å²) in [7, 11) is 0. The van der Waals surface area contributed by atoms with E-state index >= 15 is 0 Å². The van der Waals surface area contributed by atoms with Crippen molar-refractivity contribution >= 4 is 11.9 Å². The lowest BCUT2D eigenvalue weighted by Gasteiger charge is -2.05. The zero-order valence-corrected chi connectivity index (χ0v) is 10.9. The van der Waals surface area contributed by atoms with Crippen LogP contribution >= 0.6 is 0 Å². The Labute approximate surface area is 120 Å². The molecule has 2 rings (SSSR count). The number of rotatable bonds is 4. The van der Waals surface area contributed by atoms with Gasteiger partial charge in [-0.2, -0.15) is 0 Å². The molecule has 2 aromatic rings. The van der Waals surface area contributed by atoms with Gasteiger partial charge in [0.25, 0.3) is 0 Å². The molecule has 0 aliphatic carbocycles. The van der Waals surface area contributed by atoms with Crippen molar-refractivity contribution in [2.45, 2.75) is 6.42 Å². The molecule has 0 unspecified atom stereocenters. The van der Waals surface area contributed by atoms with Gasteiger partial charge in [-0.15, -0.1) is 0 Å². The summed E-state index contributed by atoms with van der Waals surface area (Å²) in [6.45, 7) is 0. The van der Waals surface area contributed by atoms with Gasteiger partial charge in [-0.1, -0.05) is 0 Å². The number of hydrogen-bond donors (Lipinski definition) is 2. The third-order valence-corrected chi connectivity index (χ3v) is 2.43. The Kier molecular flexibility index (Phi) is 4.40. The molecular weight excluding hydrogens is 276 g/mol. The molecule has 0 heterocycles. The number of ether oxygens (including phenoxy) is 2. The monoisotopic (exact) mass is 288 g/mol. The van der Waals surface area contributed by atoms with Crippen LogP contribution in [0.5, 0.6) is 23.0 Å². The maximum atomic E-state index is 11.5. The van der Waals surface area contributed by atoms with Gasteiger partial charge in [0.15, 0.2) is 0 Å². The minimum Gasteiger partial charge on any atom is -0.508 e. The Balaban J connectivity index is 1.85. The van der Waals surface area contributed by atoms with Crippen LogP contribution in [0.1, 0.15) is 6.42 Å². The predicted octanol–water partition coefficient (Wildman–Crippen LogP) is 2.00. The summed E-state index contributed by atoms with van der Waals surface area (Å²) < 4.78 is 9.81. The van der Waals surface area contributed by atoms with Crippen molar-refractivity contribution in [2.75, 3.05) is 0 Å². The Morgan fingerprint density at radius 1 is 0.714 bits per heavy atom. The van der Waals surface area contributed by atoms with Crippen LogP contribution < -0.4 is 9.47 Å². The maximum Gasteiger partial charge on any atom is 0.322 e. The highest BCUT2D eigenvalue weighted by Gasteiger charge is 2.14. The standard InChI is InChI=1S/C15H12O6/c16-10-1-5-12(6-2-10)20-14(18)9-15(19)21-13-7-3-11(17)4-8-13/h1-8,16-17H,9H2. The van der Waals surface area contributed by atoms with Crippen LogP contribution in [0.3, 0.4) is 0 Å². The molecular formula is C15H12O6. The number of carbonyl (C=O) groups is 2. The van der Waals surface area contributed by atoms with Crippen LogP contribution in [0.2, 0.25) is 0 Å². The van der Waals surface area contributed by atoms with Crippen molar-refractivity contribution in [3.05, 3.63) is 48.5 Å². The molecule has 0 amide bonds. The van der Waals surface area contributed by atoms with Gasteiger partial charge in [-0.25, -0.2) is 0 Å². The highest BCUT2D eigenvalue weighted by atomic mass is 16.6. The van der Waals surface area contributed by atoms with Crippen LogP contribution in [0.4, 0.5) is 0 Å². The van der Waals surface area contributed by atoms with Crippen molar-refractivity contribution in [3.8, 4) is 23.0 Å². The van der Waals surface area contributed by atoms with E-state index in [1.54, 1.807) is 0 Å². The molecule has 0 spiro atoms.